The molecule has 1 heterocycles. The molecule has 1 unspecified atom stereocenters. The van der Waals surface area contributed by atoms with Crippen LogP contribution in [0.15, 0.2) is 18.2 Å². The second-order valence-corrected chi connectivity index (χ2v) is 5.18. The van der Waals surface area contributed by atoms with Gasteiger partial charge in [0.2, 0.25) is 0 Å². The predicted molar refractivity (Wildman–Crippen MR) is 69.9 cm³/mol. The Morgan fingerprint density at radius 1 is 1.41 bits per heavy atom. The molecule has 0 radical (unpaired) electrons. The number of likely N-dealkylation sites (tertiary alicyclic amines) is 1. The number of nitrogens with zero attached hydrogens (tertiary/aromatic N) is 1. The van der Waals surface area contributed by atoms with E-state index >= 15 is 0 Å². The quantitative estimate of drug-likeness (QED) is 0.867. The highest BCUT2D eigenvalue weighted by Gasteiger charge is 2.24. The molecule has 0 bridgehead atoms. The van der Waals surface area contributed by atoms with Gasteiger partial charge in [-0.25, -0.2) is 4.39 Å². The van der Waals surface area contributed by atoms with E-state index in [1.165, 1.54) is 6.07 Å². The zero-order chi connectivity index (χ0) is 12.4. The van der Waals surface area contributed by atoms with Crippen LogP contribution in [0.4, 0.5) is 10.1 Å². The summed E-state index contributed by atoms with van der Waals surface area (Å²) in [7, 11) is 0. The van der Waals surface area contributed by atoms with E-state index in [2.05, 4.69) is 24.1 Å². The largest absolute Gasteiger partial charge is 0.381 e. The Bertz CT molecular complexity index is 390. The van der Waals surface area contributed by atoms with Crippen LogP contribution in [0.5, 0.6) is 0 Å². The lowest BCUT2D eigenvalue weighted by Crippen LogP contribution is -2.31. The first-order valence-electron chi connectivity index (χ1n) is 6.33. The van der Waals surface area contributed by atoms with E-state index in [1.54, 1.807) is 6.07 Å². The fourth-order valence-corrected chi connectivity index (χ4v) is 2.38. The highest BCUT2D eigenvalue weighted by molar-refractivity contribution is 5.51. The number of hydrogen-bond acceptors (Lipinski definition) is 2. The van der Waals surface area contributed by atoms with Crippen molar-refractivity contribution in [3.05, 3.63) is 29.6 Å². The molecule has 1 aliphatic heterocycles. The van der Waals surface area contributed by atoms with Gasteiger partial charge in [0, 0.05) is 30.9 Å². The van der Waals surface area contributed by atoms with Crippen LogP contribution in [-0.4, -0.2) is 30.1 Å². The average Bonchev–Trinajstić information content (AvgIpc) is 2.71. The lowest BCUT2D eigenvalue weighted by molar-refractivity contribution is 0.274. The third-order valence-electron chi connectivity index (χ3n) is 3.50. The molecule has 0 saturated carbocycles. The van der Waals surface area contributed by atoms with Crippen molar-refractivity contribution in [3.8, 4) is 0 Å². The molecule has 2 nitrogen and oxygen atoms in total. The fourth-order valence-electron chi connectivity index (χ4n) is 2.38. The number of aryl methyl sites for hydroxylation is 1. The zero-order valence-corrected chi connectivity index (χ0v) is 10.8. The molecule has 2 rings (SSSR count). The molecule has 0 aliphatic carbocycles. The Labute approximate surface area is 103 Å². The molecule has 1 atom stereocenters. The van der Waals surface area contributed by atoms with E-state index in [4.69, 9.17) is 0 Å². The number of hydrogen-bond donors (Lipinski definition) is 1. The number of halogens is 1. The van der Waals surface area contributed by atoms with Crippen LogP contribution in [0, 0.1) is 12.7 Å². The van der Waals surface area contributed by atoms with Gasteiger partial charge in [-0.1, -0.05) is 0 Å². The van der Waals surface area contributed by atoms with Gasteiger partial charge in [-0.15, -0.1) is 0 Å². The summed E-state index contributed by atoms with van der Waals surface area (Å²) in [6.07, 6.45) is 1.16. The Morgan fingerprint density at radius 3 is 2.76 bits per heavy atom. The van der Waals surface area contributed by atoms with Crippen LogP contribution in [0.2, 0.25) is 0 Å². The first-order chi connectivity index (χ1) is 8.06. The van der Waals surface area contributed by atoms with Crippen LogP contribution in [0.1, 0.15) is 25.8 Å². The summed E-state index contributed by atoms with van der Waals surface area (Å²) in [5.74, 6) is -0.164. The maximum Gasteiger partial charge on any atom is 0.123 e. The second kappa shape index (κ2) is 5.05. The van der Waals surface area contributed by atoms with Gasteiger partial charge in [-0.2, -0.15) is 0 Å². The third kappa shape index (κ3) is 2.97. The normalized spacial score (nSPS) is 21.1. The topological polar surface area (TPSA) is 15.3 Å². The minimum Gasteiger partial charge on any atom is -0.381 e. The summed E-state index contributed by atoms with van der Waals surface area (Å²) in [5.41, 5.74) is 2.04. The Morgan fingerprint density at radius 2 is 2.18 bits per heavy atom. The number of anilines is 1. The van der Waals surface area contributed by atoms with Crippen molar-refractivity contribution in [2.24, 2.45) is 0 Å². The van der Waals surface area contributed by atoms with Crippen molar-refractivity contribution in [2.75, 3.05) is 18.4 Å². The van der Waals surface area contributed by atoms with Crippen molar-refractivity contribution in [2.45, 2.75) is 39.3 Å². The van der Waals surface area contributed by atoms with Gasteiger partial charge in [-0.05, 0) is 51.0 Å². The van der Waals surface area contributed by atoms with E-state index in [9.17, 15) is 4.39 Å². The second-order valence-electron chi connectivity index (χ2n) is 5.18. The van der Waals surface area contributed by atoms with Crippen LogP contribution in [-0.2, 0) is 0 Å². The molecule has 1 fully saturated rings. The summed E-state index contributed by atoms with van der Waals surface area (Å²) in [4.78, 5) is 2.47. The van der Waals surface area contributed by atoms with Crippen molar-refractivity contribution in [3.63, 3.8) is 0 Å². The first-order valence-corrected chi connectivity index (χ1v) is 6.33. The van der Waals surface area contributed by atoms with E-state index in [0.29, 0.717) is 12.1 Å². The summed E-state index contributed by atoms with van der Waals surface area (Å²) >= 11 is 0. The SMILES string of the molecule is Cc1cc(F)ccc1NC1CCN(C(C)C)C1. The molecular weight excluding hydrogens is 215 g/mol. The first kappa shape index (κ1) is 12.4. The van der Waals surface area contributed by atoms with Crippen molar-refractivity contribution < 1.29 is 4.39 Å². The lowest BCUT2D eigenvalue weighted by atomic mass is 10.1. The molecule has 1 aromatic rings. The van der Waals surface area contributed by atoms with E-state index in [0.717, 1.165) is 30.8 Å². The fraction of sp³-hybridized carbons (Fsp3) is 0.571. The molecule has 1 aromatic carbocycles. The maximum atomic E-state index is 13.0. The van der Waals surface area contributed by atoms with Gasteiger partial charge < -0.3 is 5.32 Å². The third-order valence-corrected chi connectivity index (χ3v) is 3.50. The van der Waals surface area contributed by atoms with Crippen LogP contribution in [0.25, 0.3) is 0 Å². The van der Waals surface area contributed by atoms with Crippen molar-refractivity contribution in [1.29, 1.82) is 0 Å². The highest BCUT2D eigenvalue weighted by atomic mass is 19.1. The maximum absolute atomic E-state index is 13.0. The predicted octanol–water partition coefficient (Wildman–Crippen LogP) is 3.03. The van der Waals surface area contributed by atoms with Gasteiger partial charge in [0.15, 0.2) is 0 Å². The number of rotatable bonds is 3. The molecule has 94 valence electrons. The van der Waals surface area contributed by atoms with Gasteiger partial charge in [0.25, 0.3) is 0 Å². The van der Waals surface area contributed by atoms with Gasteiger partial charge in [0.1, 0.15) is 5.82 Å². The number of benzene rings is 1. The molecule has 3 heteroatoms. The Hall–Kier alpha value is -1.09. The number of nitrogens with one attached hydrogen (secondary N) is 1. The monoisotopic (exact) mass is 236 g/mol. The molecular formula is C14H21FN2. The molecule has 1 saturated heterocycles. The molecule has 0 aromatic heterocycles. The van der Waals surface area contributed by atoms with Crippen molar-refractivity contribution in [1.82, 2.24) is 4.90 Å². The molecule has 1 N–H and O–H groups in total. The molecule has 17 heavy (non-hydrogen) atoms. The molecule has 0 amide bonds. The standard InChI is InChI=1S/C14H21FN2/c1-10(2)17-7-6-13(9-17)16-14-5-4-12(15)8-11(14)3/h4-5,8,10,13,16H,6-7,9H2,1-3H3. The van der Waals surface area contributed by atoms with Crippen LogP contribution in [0.3, 0.4) is 0 Å². The summed E-state index contributed by atoms with van der Waals surface area (Å²) in [6.45, 7) is 8.63. The van der Waals surface area contributed by atoms with Crippen molar-refractivity contribution >= 4 is 5.69 Å². The van der Waals surface area contributed by atoms with E-state index in [1.807, 2.05) is 13.0 Å². The van der Waals surface area contributed by atoms with Gasteiger partial charge in [-0.3, -0.25) is 4.90 Å². The lowest BCUT2D eigenvalue weighted by Gasteiger charge is -2.21. The van der Waals surface area contributed by atoms with Crippen LogP contribution >= 0.6 is 0 Å². The minimum absolute atomic E-state index is 0.164. The molecule has 0 spiro atoms. The van der Waals surface area contributed by atoms with Gasteiger partial charge >= 0.3 is 0 Å². The average molecular weight is 236 g/mol. The summed E-state index contributed by atoms with van der Waals surface area (Å²) < 4.78 is 13.0. The summed E-state index contributed by atoms with van der Waals surface area (Å²) in [5, 5.41) is 3.51. The summed E-state index contributed by atoms with van der Waals surface area (Å²) in [6, 6.07) is 6.03. The smallest absolute Gasteiger partial charge is 0.123 e. The van der Waals surface area contributed by atoms with Gasteiger partial charge in [0.05, 0.1) is 0 Å². The Kier molecular flexibility index (Phi) is 3.67. The minimum atomic E-state index is -0.164. The van der Waals surface area contributed by atoms with E-state index < -0.39 is 0 Å². The Balaban J connectivity index is 1.98. The highest BCUT2D eigenvalue weighted by Crippen LogP contribution is 2.21. The zero-order valence-electron chi connectivity index (χ0n) is 10.8. The van der Waals surface area contributed by atoms with Crippen LogP contribution < -0.4 is 5.32 Å². The molecule has 1 aliphatic rings. The van der Waals surface area contributed by atoms with E-state index in [-0.39, 0.29) is 5.82 Å².